The summed E-state index contributed by atoms with van der Waals surface area (Å²) in [5, 5.41) is 0. The standard InChI is InChI=1S/C18H33/c1-3-5-7-9-11-13-15-17-18-16-14-12-10-8-6-4-2/h6,8,13,15H,1,3-5,7,9-12,14,16-18H2,2H3. The van der Waals surface area contributed by atoms with Crippen molar-refractivity contribution in [3.8, 4) is 0 Å². The molecule has 0 saturated carbocycles. The van der Waals surface area contributed by atoms with Gasteiger partial charge in [0.2, 0.25) is 0 Å². The molecule has 0 nitrogen and oxygen atoms in total. The fourth-order valence-electron chi connectivity index (χ4n) is 2.01. The lowest BCUT2D eigenvalue weighted by Crippen LogP contribution is -1.77. The summed E-state index contributed by atoms with van der Waals surface area (Å²) in [6.07, 6.45) is 24.9. The van der Waals surface area contributed by atoms with E-state index in [2.05, 4.69) is 38.2 Å². The van der Waals surface area contributed by atoms with Gasteiger partial charge >= 0.3 is 0 Å². The second-order valence-electron chi connectivity index (χ2n) is 5.05. The summed E-state index contributed by atoms with van der Waals surface area (Å²) in [6, 6.07) is 0. The Balaban J connectivity index is 3.06. The Morgan fingerprint density at radius 3 is 1.50 bits per heavy atom. The molecule has 0 aromatic rings. The van der Waals surface area contributed by atoms with Crippen LogP contribution in [0.1, 0.15) is 84.0 Å². The fourth-order valence-corrected chi connectivity index (χ4v) is 2.01. The summed E-state index contributed by atoms with van der Waals surface area (Å²) >= 11 is 0. The van der Waals surface area contributed by atoms with Gasteiger partial charge in [-0.2, -0.15) is 0 Å². The van der Waals surface area contributed by atoms with E-state index in [0.717, 1.165) is 6.42 Å². The van der Waals surface area contributed by atoms with Gasteiger partial charge in [0.05, 0.1) is 0 Å². The number of unbranched alkanes of at least 4 members (excludes halogenated alkanes) is 9. The van der Waals surface area contributed by atoms with E-state index >= 15 is 0 Å². The van der Waals surface area contributed by atoms with Crippen molar-refractivity contribution >= 4 is 0 Å². The topological polar surface area (TPSA) is 0 Å². The summed E-state index contributed by atoms with van der Waals surface area (Å²) in [7, 11) is 0. The Morgan fingerprint density at radius 1 is 0.611 bits per heavy atom. The predicted molar refractivity (Wildman–Crippen MR) is 84.7 cm³/mol. The van der Waals surface area contributed by atoms with Crippen LogP contribution in [-0.4, -0.2) is 0 Å². The van der Waals surface area contributed by atoms with Crippen molar-refractivity contribution in [3.63, 3.8) is 0 Å². The van der Waals surface area contributed by atoms with Crippen molar-refractivity contribution in [2.24, 2.45) is 0 Å². The zero-order chi connectivity index (χ0) is 13.3. The first-order chi connectivity index (χ1) is 8.91. The largest absolute Gasteiger partial charge is 0.0888 e. The summed E-state index contributed by atoms with van der Waals surface area (Å²) in [5.41, 5.74) is 0. The highest BCUT2D eigenvalue weighted by atomic mass is 13.9. The van der Waals surface area contributed by atoms with Crippen LogP contribution in [0.2, 0.25) is 0 Å². The van der Waals surface area contributed by atoms with Gasteiger partial charge in [-0.25, -0.2) is 0 Å². The first-order valence-corrected chi connectivity index (χ1v) is 8.01. The van der Waals surface area contributed by atoms with Gasteiger partial charge in [0.1, 0.15) is 0 Å². The second-order valence-corrected chi connectivity index (χ2v) is 5.05. The van der Waals surface area contributed by atoms with Gasteiger partial charge in [-0.05, 0) is 44.9 Å². The third kappa shape index (κ3) is 15.5. The lowest BCUT2D eigenvalue weighted by molar-refractivity contribution is 0.650. The van der Waals surface area contributed by atoms with Crippen molar-refractivity contribution in [2.75, 3.05) is 0 Å². The molecule has 0 atom stereocenters. The Hall–Kier alpha value is -0.520. The molecule has 0 unspecified atom stereocenters. The van der Waals surface area contributed by atoms with Gasteiger partial charge in [0.25, 0.3) is 0 Å². The second kappa shape index (κ2) is 16.5. The SMILES string of the molecule is [CH2]CCCCCC=CCCCCCCC=CCC. The van der Waals surface area contributed by atoms with Crippen LogP contribution in [0.4, 0.5) is 0 Å². The van der Waals surface area contributed by atoms with Gasteiger partial charge in [-0.15, -0.1) is 0 Å². The molecule has 0 fully saturated rings. The molecule has 0 heterocycles. The summed E-state index contributed by atoms with van der Waals surface area (Å²) in [4.78, 5) is 0. The number of hydrogen-bond acceptors (Lipinski definition) is 0. The maximum absolute atomic E-state index is 3.86. The summed E-state index contributed by atoms with van der Waals surface area (Å²) in [6.45, 7) is 6.06. The Kier molecular flexibility index (Phi) is 16.0. The van der Waals surface area contributed by atoms with Crippen LogP contribution in [-0.2, 0) is 0 Å². The third-order valence-electron chi connectivity index (χ3n) is 3.18. The molecular formula is C18H33. The van der Waals surface area contributed by atoms with E-state index in [-0.39, 0.29) is 0 Å². The maximum atomic E-state index is 3.86. The Bertz CT molecular complexity index is 188. The molecule has 18 heavy (non-hydrogen) atoms. The van der Waals surface area contributed by atoms with Gasteiger partial charge in [0.15, 0.2) is 0 Å². The van der Waals surface area contributed by atoms with Gasteiger partial charge in [-0.1, -0.05) is 70.3 Å². The average molecular weight is 249 g/mol. The van der Waals surface area contributed by atoms with Crippen LogP contribution >= 0.6 is 0 Å². The van der Waals surface area contributed by atoms with Gasteiger partial charge in [-0.3, -0.25) is 0 Å². The molecule has 0 spiro atoms. The molecule has 105 valence electrons. The number of allylic oxidation sites excluding steroid dienone is 4. The highest BCUT2D eigenvalue weighted by Crippen LogP contribution is 2.08. The molecule has 0 bridgehead atoms. The quantitative estimate of drug-likeness (QED) is 0.254. The predicted octanol–water partition coefficient (Wildman–Crippen LogP) is 6.63. The smallest absolute Gasteiger partial charge is 0.0351 e. The molecule has 0 saturated heterocycles. The molecule has 0 aliphatic heterocycles. The number of hydrogen-bond donors (Lipinski definition) is 0. The first-order valence-electron chi connectivity index (χ1n) is 8.01. The Labute approximate surface area is 116 Å². The highest BCUT2D eigenvalue weighted by Gasteiger charge is 1.88. The molecule has 1 radical (unpaired) electrons. The van der Waals surface area contributed by atoms with E-state index in [1.54, 1.807) is 0 Å². The third-order valence-corrected chi connectivity index (χ3v) is 3.18. The van der Waals surface area contributed by atoms with E-state index in [0.29, 0.717) is 0 Å². The van der Waals surface area contributed by atoms with Crippen molar-refractivity contribution in [2.45, 2.75) is 84.0 Å². The van der Waals surface area contributed by atoms with E-state index in [4.69, 9.17) is 0 Å². The highest BCUT2D eigenvalue weighted by molar-refractivity contribution is 4.82. The average Bonchev–Trinajstić information content (AvgIpc) is 2.39. The minimum absolute atomic E-state index is 1.09. The monoisotopic (exact) mass is 249 g/mol. The van der Waals surface area contributed by atoms with Crippen LogP contribution in [0.15, 0.2) is 24.3 Å². The minimum Gasteiger partial charge on any atom is -0.0888 e. The van der Waals surface area contributed by atoms with E-state index in [1.165, 1.54) is 70.6 Å². The zero-order valence-corrected chi connectivity index (χ0v) is 12.5. The Morgan fingerprint density at radius 2 is 1.06 bits per heavy atom. The molecule has 0 amide bonds. The molecule has 0 rings (SSSR count). The fraction of sp³-hybridized carbons (Fsp3) is 0.722. The molecule has 0 aliphatic carbocycles. The minimum atomic E-state index is 1.09. The van der Waals surface area contributed by atoms with E-state index in [9.17, 15) is 0 Å². The lowest BCUT2D eigenvalue weighted by atomic mass is 10.1. The molecule has 0 heteroatoms. The van der Waals surface area contributed by atoms with Crippen LogP contribution in [0.5, 0.6) is 0 Å². The van der Waals surface area contributed by atoms with Crippen molar-refractivity contribution in [1.29, 1.82) is 0 Å². The normalized spacial score (nSPS) is 11.9. The maximum Gasteiger partial charge on any atom is -0.0351 e. The van der Waals surface area contributed by atoms with Crippen LogP contribution < -0.4 is 0 Å². The first kappa shape index (κ1) is 17.5. The van der Waals surface area contributed by atoms with Crippen molar-refractivity contribution < 1.29 is 0 Å². The number of rotatable bonds is 13. The molecule has 0 aromatic carbocycles. The summed E-state index contributed by atoms with van der Waals surface area (Å²) in [5.74, 6) is 0. The van der Waals surface area contributed by atoms with Crippen LogP contribution in [0, 0.1) is 6.92 Å². The van der Waals surface area contributed by atoms with Crippen LogP contribution in [0.25, 0.3) is 0 Å². The summed E-state index contributed by atoms with van der Waals surface area (Å²) < 4.78 is 0. The molecule has 0 aromatic heterocycles. The van der Waals surface area contributed by atoms with Gasteiger partial charge < -0.3 is 0 Å². The lowest BCUT2D eigenvalue weighted by Gasteiger charge is -1.97. The van der Waals surface area contributed by atoms with E-state index < -0.39 is 0 Å². The van der Waals surface area contributed by atoms with E-state index in [1.807, 2.05) is 0 Å². The molecule has 0 N–H and O–H groups in total. The zero-order valence-electron chi connectivity index (χ0n) is 12.5. The van der Waals surface area contributed by atoms with Crippen molar-refractivity contribution in [3.05, 3.63) is 31.2 Å². The van der Waals surface area contributed by atoms with Crippen LogP contribution in [0.3, 0.4) is 0 Å². The van der Waals surface area contributed by atoms with Gasteiger partial charge in [0, 0.05) is 0 Å². The molecule has 0 aliphatic rings. The van der Waals surface area contributed by atoms with Crippen molar-refractivity contribution in [1.82, 2.24) is 0 Å². The molecular weight excluding hydrogens is 216 g/mol.